The van der Waals surface area contributed by atoms with Crippen LogP contribution in [0.3, 0.4) is 0 Å². The Balaban J connectivity index is 3.41. The molecule has 1 aliphatic carbocycles. The molecular weight excluding hydrogens is 260 g/mol. The molecule has 2 atom stereocenters. The van der Waals surface area contributed by atoms with Gasteiger partial charge in [-0.05, 0) is 37.1 Å². The molecular formula is C15H20O5. The van der Waals surface area contributed by atoms with Crippen LogP contribution in [0.2, 0.25) is 0 Å². The van der Waals surface area contributed by atoms with Gasteiger partial charge in [-0.25, -0.2) is 4.79 Å². The third kappa shape index (κ3) is 3.05. The van der Waals surface area contributed by atoms with E-state index in [0.717, 1.165) is 6.08 Å². The van der Waals surface area contributed by atoms with E-state index < -0.39 is 29.3 Å². The summed E-state index contributed by atoms with van der Waals surface area (Å²) in [6, 6.07) is 0. The van der Waals surface area contributed by atoms with E-state index in [0.29, 0.717) is 5.57 Å². The van der Waals surface area contributed by atoms with Crippen LogP contribution in [0.25, 0.3) is 0 Å². The molecule has 0 unspecified atom stereocenters. The van der Waals surface area contributed by atoms with Crippen LogP contribution >= 0.6 is 0 Å². The van der Waals surface area contributed by atoms with Gasteiger partial charge in [0, 0.05) is 17.9 Å². The van der Waals surface area contributed by atoms with Crippen LogP contribution in [0.4, 0.5) is 0 Å². The molecule has 0 amide bonds. The first-order valence-electron chi connectivity index (χ1n) is 7.10. The number of hydrogen-bond acceptors (Lipinski definition) is 4. The van der Waals surface area contributed by atoms with Gasteiger partial charge in [0.2, 0.25) is 0 Å². The Labute approximate surface area is 120 Å². The lowest BCUT2D eigenvalue weighted by Crippen LogP contribution is -2.52. The van der Waals surface area contributed by atoms with Crippen molar-refractivity contribution in [2.75, 3.05) is 6.56 Å². The number of aliphatic hydroxyl groups is 2. The number of rotatable bonds is 4. The number of ketones is 1. The molecule has 0 bridgehead atoms. The van der Waals surface area contributed by atoms with Crippen molar-refractivity contribution >= 4 is 11.8 Å². The zero-order valence-electron chi connectivity index (χ0n) is 13.7. The van der Waals surface area contributed by atoms with E-state index in [1.54, 1.807) is 0 Å². The molecule has 0 heterocycles. The molecule has 1 aliphatic rings. The summed E-state index contributed by atoms with van der Waals surface area (Å²) in [5, 5.41) is 29.4. The number of allylic oxidation sites excluding steroid dienone is 3. The second kappa shape index (κ2) is 5.73. The fourth-order valence-corrected chi connectivity index (χ4v) is 2.26. The highest BCUT2D eigenvalue weighted by Crippen LogP contribution is 2.44. The molecule has 0 aromatic carbocycles. The molecule has 0 saturated carbocycles. The molecule has 0 aliphatic heterocycles. The van der Waals surface area contributed by atoms with Crippen molar-refractivity contribution in [3.63, 3.8) is 0 Å². The zero-order chi connectivity index (χ0) is 17.3. The molecule has 3 N–H and O–H groups in total. The minimum atomic E-state index is -2.82. The first-order chi connectivity index (χ1) is 9.83. The molecule has 1 rings (SSSR count). The summed E-state index contributed by atoms with van der Waals surface area (Å²) in [6.07, 6.45) is 4.29. The summed E-state index contributed by atoms with van der Waals surface area (Å²) in [6.45, 7) is 1.43. The number of carboxylic acid groups (broad SMARTS) is 1. The van der Waals surface area contributed by atoms with Crippen molar-refractivity contribution in [3.8, 4) is 0 Å². The van der Waals surface area contributed by atoms with Crippen LogP contribution in [0, 0.1) is 5.41 Å². The highest BCUT2D eigenvalue weighted by molar-refractivity contribution is 5.93. The van der Waals surface area contributed by atoms with Crippen LogP contribution in [-0.2, 0) is 9.59 Å². The van der Waals surface area contributed by atoms with Crippen molar-refractivity contribution in [2.24, 2.45) is 5.41 Å². The molecule has 110 valence electrons. The monoisotopic (exact) mass is 282 g/mol. The van der Waals surface area contributed by atoms with Gasteiger partial charge in [-0.1, -0.05) is 13.0 Å². The lowest BCUT2D eigenvalue weighted by molar-refractivity contribution is -0.131. The highest BCUT2D eigenvalue weighted by Gasteiger charge is 2.49. The first kappa shape index (κ1) is 13.3. The fourth-order valence-electron chi connectivity index (χ4n) is 2.26. The van der Waals surface area contributed by atoms with Crippen molar-refractivity contribution in [1.82, 2.24) is 0 Å². The lowest BCUT2D eigenvalue weighted by Gasteiger charge is -2.45. The number of hydrogen-bond donors (Lipinski definition) is 3. The van der Waals surface area contributed by atoms with E-state index in [-0.39, 0.29) is 12.0 Å². The molecule has 0 radical (unpaired) electrons. The minimum Gasteiger partial charge on any atom is -0.478 e. The van der Waals surface area contributed by atoms with Gasteiger partial charge in [0.15, 0.2) is 5.78 Å². The predicted molar refractivity (Wildman–Crippen MR) is 74.1 cm³/mol. The van der Waals surface area contributed by atoms with E-state index in [2.05, 4.69) is 0 Å². The Bertz CT molecular complexity index is 585. The van der Waals surface area contributed by atoms with Crippen molar-refractivity contribution in [3.05, 3.63) is 35.5 Å². The van der Waals surface area contributed by atoms with Gasteiger partial charge in [0.05, 0.1) is 9.30 Å². The van der Waals surface area contributed by atoms with Crippen molar-refractivity contribution in [2.45, 2.75) is 32.8 Å². The van der Waals surface area contributed by atoms with Gasteiger partial charge in [0.1, 0.15) is 5.60 Å². The Kier molecular flexibility index (Phi) is 3.80. The number of carboxylic acids is 1. The van der Waals surface area contributed by atoms with Gasteiger partial charge < -0.3 is 15.3 Å². The fraction of sp³-hybridized carbons (Fsp3) is 0.467. The Morgan fingerprint density at radius 1 is 1.60 bits per heavy atom. The molecule has 0 aromatic heterocycles. The summed E-state index contributed by atoms with van der Waals surface area (Å²) in [5.74, 6) is -1.55. The molecule has 0 fully saturated rings. The molecule has 5 heteroatoms. The molecule has 0 aromatic rings. The second-order valence-corrected chi connectivity index (χ2v) is 5.24. The maximum absolute atomic E-state index is 11.7. The topological polar surface area (TPSA) is 94.8 Å². The third-order valence-electron chi connectivity index (χ3n) is 3.53. The Morgan fingerprint density at radius 2 is 2.20 bits per heavy atom. The molecule has 20 heavy (non-hydrogen) atoms. The van der Waals surface area contributed by atoms with Crippen molar-refractivity contribution < 1.29 is 27.7 Å². The van der Waals surface area contributed by atoms with Gasteiger partial charge in [-0.3, -0.25) is 4.79 Å². The maximum atomic E-state index is 11.7. The van der Waals surface area contributed by atoms with Crippen LogP contribution < -0.4 is 0 Å². The molecule has 5 nitrogen and oxygen atoms in total. The molecule has 0 spiro atoms. The Morgan fingerprint density at radius 3 is 2.70 bits per heavy atom. The van der Waals surface area contributed by atoms with E-state index in [4.69, 9.17) is 7.85 Å². The van der Waals surface area contributed by atoms with Gasteiger partial charge in [-0.15, -0.1) is 0 Å². The second-order valence-electron chi connectivity index (χ2n) is 5.24. The standard InChI is InChI=1S/C15H20O5/c1-10(6-13(18)19)4-5-15(20)11(2)7-12(17)8-14(15,3)9-16/h4-7,16,20H,8-9H2,1-3H3,(H,18,19)/b5-4+,10-6-/t14-,15+/m0/s1/i9D2. The normalized spacial score (nSPS) is 33.8. The molecule has 0 saturated heterocycles. The summed E-state index contributed by atoms with van der Waals surface area (Å²) in [5.41, 5.74) is -3.21. The van der Waals surface area contributed by atoms with E-state index in [1.165, 1.54) is 39.0 Å². The van der Waals surface area contributed by atoms with Crippen LogP contribution in [0.15, 0.2) is 35.5 Å². The predicted octanol–water partition coefficient (Wildman–Crippen LogP) is 1.22. The van der Waals surface area contributed by atoms with Crippen molar-refractivity contribution in [1.29, 1.82) is 0 Å². The van der Waals surface area contributed by atoms with Crippen LogP contribution in [-0.4, -0.2) is 39.2 Å². The summed E-state index contributed by atoms with van der Waals surface area (Å²) in [4.78, 5) is 22.3. The van der Waals surface area contributed by atoms with E-state index >= 15 is 0 Å². The quantitative estimate of drug-likeness (QED) is 0.532. The number of carbonyl (C=O) groups excluding carboxylic acids is 1. The van der Waals surface area contributed by atoms with Gasteiger partial charge >= 0.3 is 5.97 Å². The van der Waals surface area contributed by atoms with Crippen LogP contribution in [0.1, 0.15) is 29.9 Å². The minimum absolute atomic E-state index is 0.184. The SMILES string of the molecule is [2H]C([2H])(O)[C@]1(C)CC(=O)C=C(C)[C@]1(O)/C=C/C(C)=C\C(=O)O. The average Bonchev–Trinajstić information content (AvgIpc) is 2.31. The lowest BCUT2D eigenvalue weighted by atomic mass is 9.64. The Hall–Kier alpha value is -1.72. The maximum Gasteiger partial charge on any atom is 0.328 e. The summed E-state index contributed by atoms with van der Waals surface area (Å²) >= 11 is 0. The van der Waals surface area contributed by atoms with Crippen LogP contribution in [0.5, 0.6) is 0 Å². The summed E-state index contributed by atoms with van der Waals surface area (Å²) in [7, 11) is 0. The van der Waals surface area contributed by atoms with E-state index in [1.807, 2.05) is 0 Å². The highest BCUT2D eigenvalue weighted by atomic mass is 16.4. The van der Waals surface area contributed by atoms with Gasteiger partial charge in [0.25, 0.3) is 0 Å². The average molecular weight is 282 g/mol. The summed E-state index contributed by atoms with van der Waals surface area (Å²) < 4.78 is 15.2. The third-order valence-corrected chi connectivity index (χ3v) is 3.53. The number of carbonyl (C=O) groups is 2. The number of aliphatic carboxylic acids is 1. The first-order valence-corrected chi connectivity index (χ1v) is 6.10. The largest absolute Gasteiger partial charge is 0.478 e. The zero-order valence-corrected chi connectivity index (χ0v) is 11.7. The van der Waals surface area contributed by atoms with E-state index in [9.17, 15) is 19.8 Å². The smallest absolute Gasteiger partial charge is 0.328 e. The van der Waals surface area contributed by atoms with Gasteiger partial charge in [-0.2, -0.15) is 0 Å².